The number of allylic oxidation sites excluding steroid dienone is 7. The van der Waals surface area contributed by atoms with E-state index in [4.69, 9.17) is 22.1 Å². The number of likely N-dealkylation sites (tertiary alicyclic amines) is 2. The number of rotatable bonds is 9. The Morgan fingerprint density at radius 3 is 2.47 bits per heavy atom. The number of nitrogens with zero attached hydrogens (tertiary/aromatic N) is 3. The van der Waals surface area contributed by atoms with Crippen LogP contribution in [-0.4, -0.2) is 68.9 Å². The van der Waals surface area contributed by atoms with Crippen LogP contribution in [0, 0.1) is 5.92 Å². The van der Waals surface area contributed by atoms with E-state index in [2.05, 4.69) is 21.2 Å². The number of ether oxygens (including phenoxy) is 1. The first-order valence-electron chi connectivity index (χ1n) is 10.0. The van der Waals surface area contributed by atoms with Gasteiger partial charge in [-0.05, 0) is 57.4 Å². The lowest BCUT2D eigenvalue weighted by Crippen LogP contribution is -2.66. The SMILES string of the molecule is CF.COC1(C2CCN(C)C2)CN(/C(C)=C/C=C(S\N=C(F)/C=C\C=C\N)\C(F)=C\Cl)C1. The molecule has 2 saturated heterocycles. The Balaban J connectivity index is 0.00000249. The molecule has 0 amide bonds. The molecule has 0 spiro atoms. The smallest absolute Gasteiger partial charge is 0.219 e. The zero-order chi connectivity index (χ0) is 24.1. The third kappa shape index (κ3) is 8.03. The Labute approximate surface area is 198 Å². The fraction of sp³-hybridized carbons (Fsp3) is 0.500. The predicted molar refractivity (Wildman–Crippen MR) is 129 cm³/mol. The lowest BCUT2D eigenvalue weighted by Gasteiger charge is -2.53. The topological polar surface area (TPSA) is 54.1 Å². The summed E-state index contributed by atoms with van der Waals surface area (Å²) in [6.45, 7) is 5.66. The van der Waals surface area contributed by atoms with E-state index < -0.39 is 11.8 Å². The Bertz CT molecular complexity index is 777. The van der Waals surface area contributed by atoms with Crippen LogP contribution in [0.3, 0.4) is 0 Å². The van der Waals surface area contributed by atoms with Crippen molar-refractivity contribution in [2.24, 2.45) is 16.0 Å². The van der Waals surface area contributed by atoms with Crippen LogP contribution in [0.15, 0.2) is 62.9 Å². The second kappa shape index (κ2) is 14.5. The first-order chi connectivity index (χ1) is 15.3. The van der Waals surface area contributed by atoms with E-state index in [0.717, 1.165) is 49.9 Å². The van der Waals surface area contributed by atoms with Crippen LogP contribution < -0.4 is 5.73 Å². The van der Waals surface area contributed by atoms with E-state index in [0.29, 0.717) is 25.0 Å². The van der Waals surface area contributed by atoms with Gasteiger partial charge in [-0.2, -0.15) is 8.79 Å². The van der Waals surface area contributed by atoms with Gasteiger partial charge in [0, 0.05) is 55.8 Å². The largest absolute Gasteiger partial charge is 0.405 e. The molecule has 32 heavy (non-hydrogen) atoms. The molecular formula is C22H32ClF3N4OS. The maximum atomic E-state index is 14.1. The van der Waals surface area contributed by atoms with Crippen LogP contribution in [0.2, 0.25) is 0 Å². The third-order valence-corrected chi connectivity index (χ3v) is 6.44. The average molecular weight is 493 g/mol. The Morgan fingerprint density at radius 2 is 1.94 bits per heavy atom. The van der Waals surface area contributed by atoms with Crippen molar-refractivity contribution < 1.29 is 17.9 Å². The molecule has 2 rings (SSSR count). The summed E-state index contributed by atoms with van der Waals surface area (Å²) in [5.41, 5.74) is 6.80. The molecule has 0 aromatic carbocycles. The Hall–Kier alpha value is -1.68. The van der Waals surface area contributed by atoms with Crippen LogP contribution in [-0.2, 0) is 4.74 Å². The van der Waals surface area contributed by atoms with Gasteiger partial charge in [-0.1, -0.05) is 17.7 Å². The van der Waals surface area contributed by atoms with Crippen LogP contribution in [0.1, 0.15) is 13.3 Å². The van der Waals surface area contributed by atoms with Crippen molar-refractivity contribution in [1.29, 1.82) is 0 Å². The molecule has 2 fully saturated rings. The molecule has 2 heterocycles. The van der Waals surface area contributed by atoms with Gasteiger partial charge < -0.3 is 20.3 Å². The van der Waals surface area contributed by atoms with E-state index in [1.54, 1.807) is 19.3 Å². The van der Waals surface area contributed by atoms with Crippen molar-refractivity contribution in [1.82, 2.24) is 9.80 Å². The van der Waals surface area contributed by atoms with Crippen LogP contribution in [0.4, 0.5) is 13.2 Å². The molecule has 10 heteroatoms. The molecular weight excluding hydrogens is 461 g/mol. The van der Waals surface area contributed by atoms with Gasteiger partial charge in [0.25, 0.3) is 0 Å². The predicted octanol–water partition coefficient (Wildman–Crippen LogP) is 5.11. The molecule has 5 nitrogen and oxygen atoms in total. The molecule has 180 valence electrons. The maximum Gasteiger partial charge on any atom is 0.219 e. The number of nitrogens with two attached hydrogens (primary N) is 1. The molecule has 0 aromatic rings. The lowest BCUT2D eigenvalue weighted by atomic mass is 9.79. The molecule has 2 aliphatic rings. The molecule has 2 N–H and O–H groups in total. The quantitative estimate of drug-likeness (QED) is 0.275. The average Bonchev–Trinajstić information content (AvgIpc) is 3.21. The first-order valence-corrected chi connectivity index (χ1v) is 11.2. The molecule has 0 radical (unpaired) electrons. The second-order valence-electron chi connectivity index (χ2n) is 7.42. The Kier molecular flexibility index (Phi) is 12.8. The molecule has 1 unspecified atom stereocenters. The van der Waals surface area contributed by atoms with Gasteiger partial charge in [0.05, 0.1) is 12.1 Å². The molecule has 0 aliphatic carbocycles. The van der Waals surface area contributed by atoms with E-state index in [1.165, 1.54) is 18.4 Å². The lowest BCUT2D eigenvalue weighted by molar-refractivity contribution is -0.144. The summed E-state index contributed by atoms with van der Waals surface area (Å²) in [6, 6.07) is 0. The second-order valence-corrected chi connectivity index (χ2v) is 8.44. The van der Waals surface area contributed by atoms with E-state index in [1.807, 2.05) is 6.92 Å². The van der Waals surface area contributed by atoms with Gasteiger partial charge in [-0.25, -0.2) is 4.39 Å². The van der Waals surface area contributed by atoms with Gasteiger partial charge in [0.15, 0.2) is 0 Å². The van der Waals surface area contributed by atoms with Crippen molar-refractivity contribution in [3.05, 3.63) is 58.5 Å². The summed E-state index contributed by atoms with van der Waals surface area (Å²) in [4.78, 5) is 4.62. The minimum atomic E-state index is -0.763. The number of alkyl halides is 1. The zero-order valence-electron chi connectivity index (χ0n) is 18.9. The highest BCUT2D eigenvalue weighted by Gasteiger charge is 2.50. The van der Waals surface area contributed by atoms with E-state index in [9.17, 15) is 13.2 Å². The summed E-state index contributed by atoms with van der Waals surface area (Å²) < 4.78 is 46.8. The highest BCUT2D eigenvalue weighted by molar-refractivity contribution is 8.02. The number of halogens is 4. The summed E-state index contributed by atoms with van der Waals surface area (Å²) in [6.07, 6.45) is 9.71. The molecule has 0 aromatic heterocycles. The van der Waals surface area contributed by atoms with E-state index >= 15 is 0 Å². The van der Waals surface area contributed by atoms with Crippen molar-refractivity contribution in [2.75, 3.05) is 47.5 Å². The highest BCUT2D eigenvalue weighted by atomic mass is 35.5. The molecule has 1 atom stereocenters. The number of hydrogen-bond acceptors (Lipinski definition) is 6. The Morgan fingerprint density at radius 1 is 1.25 bits per heavy atom. The summed E-state index contributed by atoms with van der Waals surface area (Å²) >= 11 is 6.17. The fourth-order valence-corrected chi connectivity index (χ4v) is 4.30. The van der Waals surface area contributed by atoms with Gasteiger partial charge in [0.2, 0.25) is 5.97 Å². The summed E-state index contributed by atoms with van der Waals surface area (Å²) in [5, 5.41) is 0. The summed E-state index contributed by atoms with van der Waals surface area (Å²) in [5.74, 6) is -0.938. The third-order valence-electron chi connectivity index (χ3n) is 5.45. The first kappa shape index (κ1) is 28.4. The fourth-order valence-electron chi connectivity index (χ4n) is 3.60. The van der Waals surface area contributed by atoms with Gasteiger partial charge >= 0.3 is 0 Å². The molecule has 2 aliphatic heterocycles. The van der Waals surface area contributed by atoms with Crippen LogP contribution in [0.25, 0.3) is 0 Å². The highest BCUT2D eigenvalue weighted by Crippen LogP contribution is 2.39. The minimum absolute atomic E-state index is 0.109. The minimum Gasteiger partial charge on any atom is -0.405 e. The number of methoxy groups -OCH3 is 1. The normalized spacial score (nSPS) is 23.0. The molecule has 0 bridgehead atoms. The van der Waals surface area contributed by atoms with Gasteiger partial charge in [-0.15, -0.1) is 0 Å². The van der Waals surface area contributed by atoms with Gasteiger partial charge in [-0.3, -0.25) is 4.39 Å². The van der Waals surface area contributed by atoms with E-state index in [-0.39, 0.29) is 10.5 Å². The van der Waals surface area contributed by atoms with Crippen LogP contribution >= 0.6 is 23.5 Å². The van der Waals surface area contributed by atoms with Crippen molar-refractivity contribution in [3.8, 4) is 0 Å². The maximum absolute atomic E-state index is 14.1. The van der Waals surface area contributed by atoms with Crippen molar-refractivity contribution in [3.63, 3.8) is 0 Å². The van der Waals surface area contributed by atoms with Gasteiger partial charge in [0.1, 0.15) is 11.4 Å². The standard InChI is InChI=1S/C21H29ClF2N4OS.CH3F/c1-16(28-14-21(15-28,29-3)17-9-11-27(2)13-17)7-8-19(18(23)12-22)30-26-20(24)6-4-5-10-25;1-2/h4-8,10,12,17H,9,11,13-15,25H2,1-3H3;1H3/b6-4-,10-5+,16-7+,18-12-,19-8+,26-20+;. The molecule has 0 saturated carbocycles. The zero-order valence-corrected chi connectivity index (χ0v) is 20.5. The van der Waals surface area contributed by atoms with Crippen molar-refractivity contribution in [2.45, 2.75) is 18.9 Å². The van der Waals surface area contributed by atoms with Crippen LogP contribution in [0.5, 0.6) is 0 Å². The van der Waals surface area contributed by atoms with Crippen molar-refractivity contribution >= 4 is 29.5 Å². The monoisotopic (exact) mass is 492 g/mol. The number of hydrogen-bond donors (Lipinski definition) is 1. The summed E-state index contributed by atoms with van der Waals surface area (Å²) in [7, 11) is 4.40.